The van der Waals surface area contributed by atoms with Crippen LogP contribution in [-0.2, 0) is 11.3 Å². The highest BCUT2D eigenvalue weighted by Gasteiger charge is 2.16. The van der Waals surface area contributed by atoms with Gasteiger partial charge < -0.3 is 15.1 Å². The van der Waals surface area contributed by atoms with Gasteiger partial charge >= 0.3 is 0 Å². The van der Waals surface area contributed by atoms with Gasteiger partial charge in [0.05, 0.1) is 5.02 Å². The molecule has 0 unspecified atom stereocenters. The first-order valence-electron chi connectivity index (χ1n) is 10.9. The van der Waals surface area contributed by atoms with Gasteiger partial charge in [-0.05, 0) is 55.0 Å². The Morgan fingerprint density at radius 3 is 2.40 bits per heavy atom. The fourth-order valence-corrected chi connectivity index (χ4v) is 3.72. The summed E-state index contributed by atoms with van der Waals surface area (Å²) in [5, 5.41) is 6.55. The molecule has 2 amide bonds. The average Bonchev–Trinajstić information content (AvgIpc) is 3.33. The standard InChI is InChI=1S/C28H22Cl2N2O3/c1-18-7-9-20(10-8-18)27(33)32-25(28(34)31-17-19-5-3-2-4-6-19)16-22-12-14-26(35-22)23-15-21(29)11-13-24(23)30/h2-16H,17H2,1H3,(H,31,34)(H,32,33)/b25-16-. The lowest BCUT2D eigenvalue weighted by atomic mass is 10.1. The third kappa shape index (κ3) is 6.41. The van der Waals surface area contributed by atoms with Crippen molar-refractivity contribution in [2.75, 3.05) is 0 Å². The number of halogens is 2. The van der Waals surface area contributed by atoms with Crippen LogP contribution in [0.1, 0.15) is 27.2 Å². The summed E-state index contributed by atoms with van der Waals surface area (Å²) in [5.74, 6) is -0.00778. The minimum atomic E-state index is -0.451. The molecule has 4 aromatic rings. The molecule has 3 aromatic carbocycles. The lowest BCUT2D eigenvalue weighted by molar-refractivity contribution is -0.117. The van der Waals surface area contributed by atoms with Gasteiger partial charge in [-0.1, -0.05) is 71.2 Å². The maximum atomic E-state index is 13.0. The lowest BCUT2D eigenvalue weighted by Gasteiger charge is -2.11. The van der Waals surface area contributed by atoms with E-state index in [0.29, 0.717) is 39.2 Å². The van der Waals surface area contributed by atoms with Crippen molar-refractivity contribution in [3.63, 3.8) is 0 Å². The van der Waals surface area contributed by atoms with E-state index in [4.69, 9.17) is 27.6 Å². The van der Waals surface area contributed by atoms with Crippen LogP contribution in [0.25, 0.3) is 17.4 Å². The van der Waals surface area contributed by atoms with Gasteiger partial charge in [-0.25, -0.2) is 0 Å². The largest absolute Gasteiger partial charge is 0.457 e. The normalized spacial score (nSPS) is 11.2. The number of hydrogen-bond acceptors (Lipinski definition) is 3. The van der Waals surface area contributed by atoms with Crippen LogP contribution in [0, 0.1) is 6.92 Å². The van der Waals surface area contributed by atoms with E-state index in [1.165, 1.54) is 6.08 Å². The van der Waals surface area contributed by atoms with Gasteiger partial charge in [0.1, 0.15) is 17.2 Å². The lowest BCUT2D eigenvalue weighted by Crippen LogP contribution is -2.34. The summed E-state index contributed by atoms with van der Waals surface area (Å²) in [6.45, 7) is 2.24. The number of aryl methyl sites for hydroxylation is 1. The molecule has 4 rings (SSSR count). The van der Waals surface area contributed by atoms with Gasteiger partial charge in [0, 0.05) is 28.8 Å². The third-order valence-corrected chi connectivity index (χ3v) is 5.77. The van der Waals surface area contributed by atoms with Crippen LogP contribution in [0.5, 0.6) is 0 Å². The van der Waals surface area contributed by atoms with E-state index in [0.717, 1.165) is 11.1 Å². The fourth-order valence-electron chi connectivity index (χ4n) is 3.33. The summed E-state index contributed by atoms with van der Waals surface area (Å²) in [7, 11) is 0. The summed E-state index contributed by atoms with van der Waals surface area (Å²) < 4.78 is 5.90. The second kappa shape index (κ2) is 11.1. The van der Waals surface area contributed by atoms with Crippen molar-refractivity contribution in [3.05, 3.63) is 123 Å². The van der Waals surface area contributed by atoms with Crippen LogP contribution < -0.4 is 10.6 Å². The molecule has 0 radical (unpaired) electrons. The molecule has 5 nitrogen and oxygen atoms in total. The van der Waals surface area contributed by atoms with E-state index >= 15 is 0 Å². The van der Waals surface area contributed by atoms with E-state index < -0.39 is 11.8 Å². The molecule has 0 aliphatic rings. The smallest absolute Gasteiger partial charge is 0.268 e. The zero-order valence-electron chi connectivity index (χ0n) is 18.8. The van der Waals surface area contributed by atoms with E-state index in [1.54, 1.807) is 42.5 Å². The van der Waals surface area contributed by atoms with Crippen LogP contribution in [0.2, 0.25) is 10.0 Å². The van der Waals surface area contributed by atoms with Crippen LogP contribution in [0.3, 0.4) is 0 Å². The molecule has 176 valence electrons. The van der Waals surface area contributed by atoms with Crippen molar-refractivity contribution in [2.45, 2.75) is 13.5 Å². The van der Waals surface area contributed by atoms with Crippen molar-refractivity contribution in [2.24, 2.45) is 0 Å². The molecule has 0 bridgehead atoms. The summed E-state index contributed by atoms with van der Waals surface area (Å²) in [4.78, 5) is 25.9. The summed E-state index contributed by atoms with van der Waals surface area (Å²) >= 11 is 12.4. The molecule has 1 aromatic heterocycles. The number of amides is 2. The minimum Gasteiger partial charge on any atom is -0.457 e. The Kier molecular flexibility index (Phi) is 7.70. The maximum Gasteiger partial charge on any atom is 0.268 e. The van der Waals surface area contributed by atoms with Crippen molar-refractivity contribution in [1.82, 2.24) is 10.6 Å². The molecule has 0 aliphatic carbocycles. The first-order valence-corrected chi connectivity index (χ1v) is 11.6. The molecule has 0 saturated heterocycles. The average molecular weight is 505 g/mol. The topological polar surface area (TPSA) is 71.3 Å². The van der Waals surface area contributed by atoms with Crippen LogP contribution >= 0.6 is 23.2 Å². The molecule has 7 heteroatoms. The Labute approximate surface area is 213 Å². The number of furan rings is 1. The second-order valence-corrected chi connectivity index (χ2v) is 8.72. The van der Waals surface area contributed by atoms with Gasteiger partial charge in [-0.2, -0.15) is 0 Å². The molecule has 2 N–H and O–H groups in total. The molecule has 0 atom stereocenters. The first-order chi connectivity index (χ1) is 16.9. The third-order valence-electron chi connectivity index (χ3n) is 5.21. The number of benzene rings is 3. The number of carbonyl (C=O) groups is 2. The number of nitrogens with one attached hydrogen (secondary N) is 2. The Balaban J connectivity index is 1.60. The fraction of sp³-hybridized carbons (Fsp3) is 0.0714. The van der Waals surface area contributed by atoms with Crippen LogP contribution in [0.15, 0.2) is 95.0 Å². The maximum absolute atomic E-state index is 13.0. The Morgan fingerprint density at radius 1 is 0.914 bits per heavy atom. The highest BCUT2D eigenvalue weighted by molar-refractivity contribution is 6.35. The van der Waals surface area contributed by atoms with Crippen molar-refractivity contribution >= 4 is 41.1 Å². The van der Waals surface area contributed by atoms with Crippen molar-refractivity contribution in [1.29, 1.82) is 0 Å². The summed E-state index contributed by atoms with van der Waals surface area (Å²) in [6.07, 6.45) is 1.48. The molecule has 1 heterocycles. The Morgan fingerprint density at radius 2 is 1.66 bits per heavy atom. The predicted molar refractivity (Wildman–Crippen MR) is 139 cm³/mol. The Hall–Kier alpha value is -3.80. The zero-order valence-corrected chi connectivity index (χ0v) is 20.4. The molecule has 0 saturated carbocycles. The molecule has 0 spiro atoms. The Bertz CT molecular complexity index is 1380. The first kappa shape index (κ1) is 24.3. The van der Waals surface area contributed by atoms with Gasteiger partial charge in [0.15, 0.2) is 0 Å². The van der Waals surface area contributed by atoms with Gasteiger partial charge in [-0.15, -0.1) is 0 Å². The number of hydrogen-bond donors (Lipinski definition) is 2. The molecule has 0 aliphatic heterocycles. The number of carbonyl (C=O) groups excluding carboxylic acids is 2. The van der Waals surface area contributed by atoms with E-state index in [1.807, 2.05) is 49.4 Å². The minimum absolute atomic E-state index is 0.0459. The molecule has 0 fully saturated rings. The quantitative estimate of drug-likeness (QED) is 0.276. The highest BCUT2D eigenvalue weighted by atomic mass is 35.5. The second-order valence-electron chi connectivity index (χ2n) is 7.87. The molecular weight excluding hydrogens is 483 g/mol. The van der Waals surface area contributed by atoms with Gasteiger partial charge in [0.25, 0.3) is 11.8 Å². The molecule has 35 heavy (non-hydrogen) atoms. The number of rotatable bonds is 7. The zero-order chi connectivity index (χ0) is 24.8. The highest BCUT2D eigenvalue weighted by Crippen LogP contribution is 2.32. The van der Waals surface area contributed by atoms with Crippen LogP contribution in [0.4, 0.5) is 0 Å². The van der Waals surface area contributed by atoms with E-state index in [9.17, 15) is 9.59 Å². The molecular formula is C28H22Cl2N2O3. The van der Waals surface area contributed by atoms with Crippen molar-refractivity contribution < 1.29 is 14.0 Å². The van der Waals surface area contributed by atoms with Crippen LogP contribution in [-0.4, -0.2) is 11.8 Å². The summed E-state index contributed by atoms with van der Waals surface area (Å²) in [5.41, 5.74) is 3.06. The van der Waals surface area contributed by atoms with Gasteiger partial charge in [0.2, 0.25) is 0 Å². The van der Waals surface area contributed by atoms with Crippen molar-refractivity contribution in [3.8, 4) is 11.3 Å². The predicted octanol–water partition coefficient (Wildman–Crippen LogP) is 6.65. The monoisotopic (exact) mass is 504 g/mol. The van der Waals surface area contributed by atoms with E-state index in [2.05, 4.69) is 10.6 Å². The SMILES string of the molecule is Cc1ccc(C(=O)N/C(=C\c2ccc(-c3cc(Cl)ccc3Cl)o2)C(=O)NCc2ccccc2)cc1. The van der Waals surface area contributed by atoms with E-state index in [-0.39, 0.29) is 5.70 Å². The van der Waals surface area contributed by atoms with Gasteiger partial charge in [-0.3, -0.25) is 9.59 Å². The summed E-state index contributed by atoms with van der Waals surface area (Å²) in [6, 6.07) is 25.1.